The van der Waals surface area contributed by atoms with Gasteiger partial charge in [-0.3, -0.25) is 4.79 Å². The number of benzene rings is 1. The molecule has 0 amide bonds. The lowest BCUT2D eigenvalue weighted by Gasteiger charge is -2.66. The van der Waals surface area contributed by atoms with Crippen molar-refractivity contribution in [2.45, 2.75) is 89.9 Å². The Morgan fingerprint density at radius 3 is 2.41 bits per heavy atom. The Bertz CT molecular complexity index is 715. The normalized spacial score (nSPS) is 45.8. The Kier molecular flexibility index (Phi) is 4.12. The lowest BCUT2D eigenvalue weighted by molar-refractivity contribution is -0.159. The van der Waals surface area contributed by atoms with Gasteiger partial charge in [-0.05, 0) is 85.5 Å². The molecule has 1 aromatic rings. The van der Waals surface area contributed by atoms with Crippen molar-refractivity contribution in [1.82, 2.24) is 0 Å². The van der Waals surface area contributed by atoms with Crippen LogP contribution >= 0.6 is 0 Å². The number of rotatable bonds is 4. The first-order valence-corrected chi connectivity index (χ1v) is 11.5. The van der Waals surface area contributed by atoms with E-state index in [0.717, 1.165) is 24.7 Å². The second-order valence-corrected chi connectivity index (χ2v) is 11.5. The maximum absolute atomic E-state index is 13.8. The molecule has 5 aliphatic rings. The van der Waals surface area contributed by atoms with Crippen LogP contribution in [0.3, 0.4) is 0 Å². The zero-order chi connectivity index (χ0) is 18.7. The summed E-state index contributed by atoms with van der Waals surface area (Å²) in [4.78, 5) is 13.8. The molecule has 0 heterocycles. The fourth-order valence-electron chi connectivity index (χ4n) is 8.36. The fourth-order valence-corrected chi connectivity index (χ4v) is 8.36. The molecule has 4 bridgehead atoms. The Labute approximate surface area is 165 Å². The molecule has 1 aromatic carbocycles. The summed E-state index contributed by atoms with van der Waals surface area (Å²) in [5.74, 6) is 2.96. The molecule has 0 radical (unpaired) electrons. The zero-order valence-electron chi connectivity index (χ0n) is 17.3. The third-order valence-corrected chi connectivity index (χ3v) is 8.93. The molecule has 1 nitrogen and oxygen atoms in total. The molecule has 5 saturated carbocycles. The van der Waals surface area contributed by atoms with Gasteiger partial charge < -0.3 is 0 Å². The SMILES string of the molecule is CC1CCC(CC(=O)C23CC4C[C@@](C)(C2)C[C@](c2ccccc2)(C4)C3)CC1. The first-order valence-electron chi connectivity index (χ1n) is 11.5. The van der Waals surface area contributed by atoms with Gasteiger partial charge in [0.05, 0.1) is 0 Å². The monoisotopic (exact) mass is 364 g/mol. The van der Waals surface area contributed by atoms with Crippen molar-refractivity contribution in [3.8, 4) is 0 Å². The minimum absolute atomic E-state index is 0.00687. The van der Waals surface area contributed by atoms with Crippen LogP contribution < -0.4 is 0 Å². The van der Waals surface area contributed by atoms with E-state index < -0.39 is 0 Å². The topological polar surface area (TPSA) is 17.1 Å². The second-order valence-electron chi connectivity index (χ2n) is 11.5. The minimum atomic E-state index is -0.00687. The summed E-state index contributed by atoms with van der Waals surface area (Å²) in [6.07, 6.45) is 13.6. The molecular formula is C26H36O. The third-order valence-electron chi connectivity index (χ3n) is 8.93. The van der Waals surface area contributed by atoms with Gasteiger partial charge in [0.25, 0.3) is 0 Å². The average Bonchev–Trinajstić information content (AvgIpc) is 2.62. The summed E-state index contributed by atoms with van der Waals surface area (Å²) in [5, 5.41) is 0. The summed E-state index contributed by atoms with van der Waals surface area (Å²) in [6, 6.07) is 11.2. The largest absolute Gasteiger partial charge is 0.299 e. The highest BCUT2D eigenvalue weighted by Crippen LogP contribution is 2.70. The van der Waals surface area contributed by atoms with Gasteiger partial charge >= 0.3 is 0 Å². The van der Waals surface area contributed by atoms with Crippen molar-refractivity contribution in [2.24, 2.45) is 28.6 Å². The maximum atomic E-state index is 13.8. The molecular weight excluding hydrogens is 328 g/mol. The summed E-state index contributed by atoms with van der Waals surface area (Å²) in [5.41, 5.74) is 2.16. The van der Waals surface area contributed by atoms with E-state index in [1.54, 1.807) is 0 Å². The predicted molar refractivity (Wildman–Crippen MR) is 111 cm³/mol. The van der Waals surface area contributed by atoms with E-state index in [0.29, 0.717) is 17.1 Å². The number of carbonyl (C=O) groups is 1. The lowest BCUT2D eigenvalue weighted by atomic mass is 9.38. The Morgan fingerprint density at radius 1 is 0.963 bits per heavy atom. The van der Waals surface area contributed by atoms with E-state index in [2.05, 4.69) is 44.2 Å². The summed E-state index contributed by atoms with van der Waals surface area (Å²) in [7, 11) is 0. The van der Waals surface area contributed by atoms with Gasteiger partial charge in [0, 0.05) is 11.8 Å². The summed E-state index contributed by atoms with van der Waals surface area (Å²) in [6.45, 7) is 4.88. The van der Waals surface area contributed by atoms with E-state index in [4.69, 9.17) is 0 Å². The van der Waals surface area contributed by atoms with E-state index in [1.807, 2.05) is 0 Å². The van der Waals surface area contributed by atoms with E-state index in [-0.39, 0.29) is 10.8 Å². The number of hydrogen-bond acceptors (Lipinski definition) is 1. The van der Waals surface area contributed by atoms with Gasteiger partial charge in [0.15, 0.2) is 0 Å². The van der Waals surface area contributed by atoms with Crippen LogP contribution in [0.25, 0.3) is 0 Å². The number of hydrogen-bond donors (Lipinski definition) is 0. The summed E-state index contributed by atoms with van der Waals surface area (Å²) < 4.78 is 0. The number of Topliss-reactive ketones (excluding diaryl/α,β-unsaturated/α-hetero) is 1. The molecule has 0 N–H and O–H groups in total. The molecule has 0 saturated heterocycles. The van der Waals surface area contributed by atoms with Crippen molar-refractivity contribution in [2.75, 3.05) is 0 Å². The van der Waals surface area contributed by atoms with Crippen LogP contribution in [0.2, 0.25) is 0 Å². The molecule has 4 atom stereocenters. The molecule has 27 heavy (non-hydrogen) atoms. The van der Waals surface area contributed by atoms with Crippen molar-refractivity contribution in [3.05, 3.63) is 35.9 Å². The van der Waals surface area contributed by atoms with Gasteiger partial charge in [-0.1, -0.05) is 57.0 Å². The van der Waals surface area contributed by atoms with E-state index in [9.17, 15) is 4.79 Å². The summed E-state index contributed by atoms with van der Waals surface area (Å²) >= 11 is 0. The molecule has 5 aliphatic carbocycles. The quantitative estimate of drug-likeness (QED) is 0.581. The molecule has 146 valence electrons. The van der Waals surface area contributed by atoms with Gasteiger partial charge in [0.1, 0.15) is 5.78 Å². The molecule has 0 aromatic heterocycles. The van der Waals surface area contributed by atoms with Gasteiger partial charge in [-0.2, -0.15) is 0 Å². The van der Waals surface area contributed by atoms with E-state index >= 15 is 0 Å². The Hall–Kier alpha value is -1.11. The Morgan fingerprint density at radius 2 is 1.70 bits per heavy atom. The molecule has 0 aliphatic heterocycles. The second kappa shape index (κ2) is 6.19. The Balaban J connectivity index is 1.43. The molecule has 1 heteroatoms. The maximum Gasteiger partial charge on any atom is 0.139 e. The minimum Gasteiger partial charge on any atom is -0.299 e. The van der Waals surface area contributed by atoms with Crippen molar-refractivity contribution >= 4 is 5.78 Å². The van der Waals surface area contributed by atoms with Crippen LogP contribution in [0.15, 0.2) is 30.3 Å². The van der Waals surface area contributed by atoms with Crippen molar-refractivity contribution in [3.63, 3.8) is 0 Å². The lowest BCUT2D eigenvalue weighted by Crippen LogP contribution is -2.60. The number of ketones is 1. The predicted octanol–water partition coefficient (Wildman–Crippen LogP) is 6.70. The smallest absolute Gasteiger partial charge is 0.139 e. The van der Waals surface area contributed by atoms with Crippen LogP contribution in [0.1, 0.15) is 90.0 Å². The third kappa shape index (κ3) is 3.00. The van der Waals surface area contributed by atoms with Crippen LogP contribution in [-0.2, 0) is 10.2 Å². The average molecular weight is 365 g/mol. The first kappa shape index (κ1) is 18.0. The van der Waals surface area contributed by atoms with Crippen molar-refractivity contribution < 1.29 is 4.79 Å². The highest BCUT2D eigenvalue weighted by atomic mass is 16.1. The fraction of sp³-hybridized carbons (Fsp3) is 0.731. The number of carbonyl (C=O) groups excluding carboxylic acids is 1. The zero-order valence-corrected chi connectivity index (χ0v) is 17.3. The van der Waals surface area contributed by atoms with Gasteiger partial charge in [0.2, 0.25) is 0 Å². The van der Waals surface area contributed by atoms with Gasteiger partial charge in [-0.25, -0.2) is 0 Å². The van der Waals surface area contributed by atoms with Gasteiger partial charge in [-0.15, -0.1) is 0 Å². The van der Waals surface area contributed by atoms with Crippen LogP contribution in [0, 0.1) is 28.6 Å². The molecule has 5 fully saturated rings. The standard InChI is InChI=1S/C26H36O/c1-19-8-10-20(11-9-19)12-23(27)26-15-21-13-24(2,17-26)16-25(14-21,18-26)22-6-4-3-5-7-22/h3-7,19-21H,8-18H2,1-2H3/t19?,20?,21?,24-,25-,26?/m1/s1. The van der Waals surface area contributed by atoms with E-state index in [1.165, 1.54) is 63.4 Å². The highest BCUT2D eigenvalue weighted by molar-refractivity contribution is 5.86. The van der Waals surface area contributed by atoms with Crippen LogP contribution in [-0.4, -0.2) is 5.78 Å². The highest BCUT2D eigenvalue weighted by Gasteiger charge is 2.64. The molecule has 2 unspecified atom stereocenters. The van der Waals surface area contributed by atoms with Crippen LogP contribution in [0.4, 0.5) is 0 Å². The van der Waals surface area contributed by atoms with Crippen LogP contribution in [0.5, 0.6) is 0 Å². The first-order chi connectivity index (χ1) is 12.9. The molecule has 0 spiro atoms. The van der Waals surface area contributed by atoms with Crippen molar-refractivity contribution in [1.29, 1.82) is 0 Å². The molecule has 6 rings (SSSR count).